The van der Waals surface area contributed by atoms with Gasteiger partial charge in [0.15, 0.2) is 5.82 Å². The van der Waals surface area contributed by atoms with E-state index < -0.39 is 0 Å². The van der Waals surface area contributed by atoms with Crippen LogP contribution in [-0.2, 0) is 0 Å². The smallest absolute Gasteiger partial charge is 0.156 e. The number of para-hydroxylation sites is 2. The molecule has 0 bridgehead atoms. The Hall–Kier alpha value is -2.33. The van der Waals surface area contributed by atoms with Gasteiger partial charge in [-0.05, 0) is 51.3 Å². The van der Waals surface area contributed by atoms with Crippen LogP contribution in [-0.4, -0.2) is 41.9 Å². The van der Waals surface area contributed by atoms with Crippen LogP contribution in [0.5, 0.6) is 0 Å². The molecular weight excluding hydrogens is 272 g/mol. The third-order valence-corrected chi connectivity index (χ3v) is 3.66. The fourth-order valence-corrected chi connectivity index (χ4v) is 2.56. The van der Waals surface area contributed by atoms with E-state index >= 15 is 0 Å². The van der Waals surface area contributed by atoms with Crippen LogP contribution in [0.4, 0.5) is 5.82 Å². The highest BCUT2D eigenvalue weighted by Gasteiger charge is 2.10. The summed E-state index contributed by atoms with van der Waals surface area (Å²) in [5.41, 5.74) is 2.21. The van der Waals surface area contributed by atoms with Crippen molar-refractivity contribution in [1.29, 1.82) is 0 Å². The van der Waals surface area contributed by atoms with E-state index in [4.69, 9.17) is 5.10 Å². The van der Waals surface area contributed by atoms with Gasteiger partial charge in [-0.1, -0.05) is 30.3 Å². The molecule has 4 nitrogen and oxygen atoms in total. The van der Waals surface area contributed by atoms with Gasteiger partial charge in [-0.3, -0.25) is 0 Å². The van der Waals surface area contributed by atoms with E-state index in [0.29, 0.717) is 0 Å². The first-order valence-electron chi connectivity index (χ1n) is 7.67. The van der Waals surface area contributed by atoms with Crippen LogP contribution in [0, 0.1) is 0 Å². The van der Waals surface area contributed by atoms with Crippen LogP contribution in [0.15, 0.2) is 54.6 Å². The van der Waals surface area contributed by atoms with Crippen LogP contribution in [0.2, 0.25) is 0 Å². The summed E-state index contributed by atoms with van der Waals surface area (Å²) in [5.74, 6) is 0.957. The van der Waals surface area contributed by atoms with Crippen molar-refractivity contribution < 1.29 is 0 Å². The SMILES string of the molecule is CN(C)CCCNc1nn(-c2ccccc2)c2ccccc12. The molecule has 0 radical (unpaired) electrons. The van der Waals surface area contributed by atoms with Crippen molar-refractivity contribution in [2.45, 2.75) is 6.42 Å². The van der Waals surface area contributed by atoms with E-state index in [0.717, 1.165) is 41.9 Å². The summed E-state index contributed by atoms with van der Waals surface area (Å²) in [7, 11) is 4.19. The lowest BCUT2D eigenvalue weighted by Crippen LogP contribution is -2.16. The largest absolute Gasteiger partial charge is 0.368 e. The Morgan fingerprint density at radius 1 is 1.00 bits per heavy atom. The molecule has 114 valence electrons. The fourth-order valence-electron chi connectivity index (χ4n) is 2.56. The average molecular weight is 294 g/mol. The van der Waals surface area contributed by atoms with E-state index in [1.54, 1.807) is 0 Å². The number of nitrogens with zero attached hydrogens (tertiary/aromatic N) is 3. The van der Waals surface area contributed by atoms with Crippen LogP contribution in [0.25, 0.3) is 16.6 Å². The number of hydrogen-bond acceptors (Lipinski definition) is 3. The number of anilines is 1. The number of nitrogens with one attached hydrogen (secondary N) is 1. The van der Waals surface area contributed by atoms with Gasteiger partial charge < -0.3 is 10.2 Å². The van der Waals surface area contributed by atoms with Crippen molar-refractivity contribution in [3.05, 3.63) is 54.6 Å². The standard InChI is InChI=1S/C18H22N4/c1-21(2)14-8-13-19-18-16-11-6-7-12-17(16)22(20-18)15-9-4-3-5-10-15/h3-7,9-12H,8,13-14H2,1-2H3,(H,19,20). The minimum absolute atomic E-state index is 0.925. The van der Waals surface area contributed by atoms with Gasteiger partial charge in [0.2, 0.25) is 0 Å². The summed E-state index contributed by atoms with van der Waals surface area (Å²) in [4.78, 5) is 2.20. The Bertz CT molecular complexity index is 731. The Labute approximate surface area is 131 Å². The Morgan fingerprint density at radius 2 is 1.73 bits per heavy atom. The second-order valence-electron chi connectivity index (χ2n) is 5.70. The molecule has 0 spiro atoms. The van der Waals surface area contributed by atoms with Crippen molar-refractivity contribution in [3.8, 4) is 5.69 Å². The van der Waals surface area contributed by atoms with Gasteiger partial charge in [0.05, 0.1) is 11.2 Å². The minimum Gasteiger partial charge on any atom is -0.368 e. The van der Waals surface area contributed by atoms with Crippen molar-refractivity contribution in [2.24, 2.45) is 0 Å². The number of rotatable bonds is 6. The monoisotopic (exact) mass is 294 g/mol. The highest BCUT2D eigenvalue weighted by molar-refractivity contribution is 5.91. The van der Waals surface area contributed by atoms with Crippen LogP contribution < -0.4 is 5.32 Å². The predicted octanol–water partition coefficient (Wildman–Crippen LogP) is 3.39. The maximum Gasteiger partial charge on any atom is 0.156 e. The summed E-state index contributed by atoms with van der Waals surface area (Å²) in [6.45, 7) is 2.00. The van der Waals surface area contributed by atoms with Gasteiger partial charge >= 0.3 is 0 Å². The van der Waals surface area contributed by atoms with E-state index in [-0.39, 0.29) is 0 Å². The molecule has 0 aliphatic heterocycles. The molecule has 2 aromatic carbocycles. The lowest BCUT2D eigenvalue weighted by molar-refractivity contribution is 0.405. The van der Waals surface area contributed by atoms with Crippen LogP contribution in [0.3, 0.4) is 0 Å². The topological polar surface area (TPSA) is 33.1 Å². The van der Waals surface area contributed by atoms with Gasteiger partial charge in [-0.15, -0.1) is 5.10 Å². The molecule has 0 unspecified atom stereocenters. The molecule has 0 aliphatic rings. The number of aromatic nitrogens is 2. The first-order valence-corrected chi connectivity index (χ1v) is 7.67. The predicted molar refractivity (Wildman–Crippen MR) is 92.7 cm³/mol. The lowest BCUT2D eigenvalue weighted by Gasteiger charge is -2.09. The molecule has 0 saturated heterocycles. The van der Waals surface area contributed by atoms with Gasteiger partial charge in [0.25, 0.3) is 0 Å². The minimum atomic E-state index is 0.925. The zero-order valence-electron chi connectivity index (χ0n) is 13.2. The summed E-state index contributed by atoms with van der Waals surface area (Å²) in [6.07, 6.45) is 1.10. The molecule has 0 amide bonds. The van der Waals surface area contributed by atoms with Gasteiger partial charge in [-0.25, -0.2) is 4.68 Å². The van der Waals surface area contributed by atoms with Gasteiger partial charge in [0.1, 0.15) is 0 Å². The average Bonchev–Trinajstić information content (AvgIpc) is 2.91. The van der Waals surface area contributed by atoms with Crippen molar-refractivity contribution >= 4 is 16.7 Å². The van der Waals surface area contributed by atoms with E-state index in [2.05, 4.69) is 60.7 Å². The van der Waals surface area contributed by atoms with Crippen LogP contribution in [0.1, 0.15) is 6.42 Å². The molecule has 22 heavy (non-hydrogen) atoms. The normalized spacial score (nSPS) is 11.2. The molecular formula is C18H22N4. The van der Waals surface area contributed by atoms with E-state index in [1.165, 1.54) is 0 Å². The summed E-state index contributed by atoms with van der Waals surface area (Å²) >= 11 is 0. The quantitative estimate of drug-likeness (QED) is 0.707. The summed E-state index contributed by atoms with van der Waals surface area (Å²) in [5, 5.41) is 9.41. The summed E-state index contributed by atoms with van der Waals surface area (Å²) < 4.78 is 2.00. The highest BCUT2D eigenvalue weighted by atomic mass is 15.3. The van der Waals surface area contributed by atoms with Gasteiger partial charge in [-0.2, -0.15) is 0 Å². The zero-order valence-corrected chi connectivity index (χ0v) is 13.2. The first-order chi connectivity index (χ1) is 10.8. The summed E-state index contributed by atoms with van der Waals surface area (Å²) in [6, 6.07) is 18.6. The molecule has 1 heterocycles. The molecule has 3 aromatic rings. The molecule has 1 N–H and O–H groups in total. The van der Waals surface area contributed by atoms with Crippen molar-refractivity contribution in [3.63, 3.8) is 0 Å². The molecule has 3 rings (SSSR count). The molecule has 0 aliphatic carbocycles. The Kier molecular flexibility index (Phi) is 4.39. The molecule has 0 atom stereocenters. The highest BCUT2D eigenvalue weighted by Crippen LogP contribution is 2.25. The fraction of sp³-hybridized carbons (Fsp3) is 0.278. The molecule has 0 saturated carbocycles. The second kappa shape index (κ2) is 6.62. The lowest BCUT2D eigenvalue weighted by atomic mass is 10.2. The molecule has 4 heteroatoms. The van der Waals surface area contributed by atoms with Gasteiger partial charge in [0, 0.05) is 11.9 Å². The van der Waals surface area contributed by atoms with Crippen LogP contribution >= 0.6 is 0 Å². The third kappa shape index (κ3) is 3.12. The Balaban J connectivity index is 1.88. The molecule has 1 aromatic heterocycles. The second-order valence-corrected chi connectivity index (χ2v) is 5.70. The first kappa shape index (κ1) is 14.6. The third-order valence-electron chi connectivity index (χ3n) is 3.66. The number of fused-ring (bicyclic) bond motifs is 1. The maximum atomic E-state index is 4.77. The van der Waals surface area contributed by atoms with E-state index in [1.807, 2.05) is 22.9 Å². The number of hydrogen-bond donors (Lipinski definition) is 1. The van der Waals surface area contributed by atoms with Crippen molar-refractivity contribution in [1.82, 2.24) is 14.7 Å². The van der Waals surface area contributed by atoms with Crippen molar-refractivity contribution in [2.75, 3.05) is 32.5 Å². The molecule has 0 fully saturated rings. The maximum absolute atomic E-state index is 4.77. The Morgan fingerprint density at radius 3 is 2.50 bits per heavy atom. The zero-order chi connectivity index (χ0) is 15.4. The number of benzene rings is 2. The van der Waals surface area contributed by atoms with E-state index in [9.17, 15) is 0 Å².